The van der Waals surface area contributed by atoms with Crippen LogP contribution in [0.1, 0.15) is 50.0 Å². The first-order chi connectivity index (χ1) is 11.2. The number of nitrogens with two attached hydrogens (primary N) is 1. The van der Waals surface area contributed by atoms with Crippen LogP contribution in [-0.2, 0) is 12.0 Å². The Morgan fingerprint density at radius 1 is 1.13 bits per heavy atom. The van der Waals surface area contributed by atoms with Crippen molar-refractivity contribution in [1.29, 1.82) is 0 Å². The lowest BCUT2D eigenvalue weighted by atomic mass is 9.49. The lowest BCUT2D eigenvalue weighted by Crippen LogP contribution is -2.49. The molecule has 4 bridgehead atoms. The molecule has 0 aliphatic heterocycles. The van der Waals surface area contributed by atoms with Crippen molar-refractivity contribution in [2.75, 3.05) is 0 Å². The summed E-state index contributed by atoms with van der Waals surface area (Å²) in [7, 11) is 0. The van der Waals surface area contributed by atoms with Crippen LogP contribution in [0.15, 0.2) is 22.9 Å². The van der Waals surface area contributed by atoms with Crippen molar-refractivity contribution < 1.29 is 4.52 Å². The van der Waals surface area contributed by atoms with Gasteiger partial charge in [0, 0.05) is 23.7 Å². The van der Waals surface area contributed by atoms with E-state index in [2.05, 4.69) is 10.1 Å². The van der Waals surface area contributed by atoms with Crippen LogP contribution >= 0.6 is 0 Å². The number of hydrogen-bond acceptors (Lipinski definition) is 5. The number of nitrogens with zero attached hydrogens (tertiary/aromatic N) is 3. The van der Waals surface area contributed by atoms with Crippen LogP contribution in [0, 0.1) is 17.8 Å². The Hall–Kier alpha value is -1.75. The molecule has 120 valence electrons. The molecular formula is C18H22N4O. The second-order valence-electron chi connectivity index (χ2n) is 7.86. The van der Waals surface area contributed by atoms with E-state index in [4.69, 9.17) is 15.2 Å². The third-order valence-corrected chi connectivity index (χ3v) is 6.21. The molecule has 4 aliphatic rings. The minimum absolute atomic E-state index is 0.181. The molecule has 5 nitrogen and oxygen atoms in total. The zero-order valence-corrected chi connectivity index (χ0v) is 13.2. The Balaban J connectivity index is 1.49. The molecule has 0 aromatic carbocycles. The van der Waals surface area contributed by atoms with Crippen LogP contribution in [0.4, 0.5) is 0 Å². The average molecular weight is 310 g/mol. The van der Waals surface area contributed by atoms with Crippen molar-refractivity contribution in [1.82, 2.24) is 15.1 Å². The Bertz CT molecular complexity index is 703. The maximum atomic E-state index is 5.68. The summed E-state index contributed by atoms with van der Waals surface area (Å²) >= 11 is 0. The van der Waals surface area contributed by atoms with Gasteiger partial charge in [-0.25, -0.2) is 0 Å². The predicted octanol–water partition coefficient (Wildman–Crippen LogP) is 3.06. The summed E-state index contributed by atoms with van der Waals surface area (Å²) in [6.07, 6.45) is 9.79. The number of rotatable bonds is 3. The normalized spacial score (nSPS) is 34.9. The largest absolute Gasteiger partial charge is 0.334 e. The third kappa shape index (κ3) is 2.13. The molecule has 2 heterocycles. The van der Waals surface area contributed by atoms with Gasteiger partial charge in [-0.3, -0.25) is 4.98 Å². The van der Waals surface area contributed by atoms with Crippen LogP contribution in [0.3, 0.4) is 0 Å². The maximum Gasteiger partial charge on any atom is 0.258 e. The lowest BCUT2D eigenvalue weighted by Gasteiger charge is -2.55. The fraction of sp³-hybridized carbons (Fsp3) is 0.611. The van der Waals surface area contributed by atoms with E-state index in [0.717, 1.165) is 34.8 Å². The van der Waals surface area contributed by atoms with Crippen molar-refractivity contribution in [2.45, 2.75) is 50.5 Å². The van der Waals surface area contributed by atoms with Gasteiger partial charge in [-0.15, -0.1) is 0 Å². The van der Waals surface area contributed by atoms with E-state index in [1.165, 1.54) is 38.5 Å². The number of hydrogen-bond donors (Lipinski definition) is 1. The summed E-state index contributed by atoms with van der Waals surface area (Å²) in [6.45, 7) is 0.420. The van der Waals surface area contributed by atoms with Gasteiger partial charge in [-0.1, -0.05) is 5.16 Å². The van der Waals surface area contributed by atoms with Gasteiger partial charge < -0.3 is 10.3 Å². The minimum Gasteiger partial charge on any atom is -0.334 e. The van der Waals surface area contributed by atoms with Gasteiger partial charge in [0.25, 0.3) is 5.89 Å². The summed E-state index contributed by atoms with van der Waals surface area (Å²) in [5.74, 6) is 4.19. The third-order valence-electron chi connectivity index (χ3n) is 6.21. The topological polar surface area (TPSA) is 77.8 Å². The second kappa shape index (κ2) is 4.87. The fourth-order valence-corrected chi connectivity index (χ4v) is 5.66. The van der Waals surface area contributed by atoms with Crippen LogP contribution in [0.2, 0.25) is 0 Å². The minimum atomic E-state index is 0.181. The van der Waals surface area contributed by atoms with Crippen molar-refractivity contribution in [3.8, 4) is 11.5 Å². The Morgan fingerprint density at radius 3 is 2.48 bits per heavy atom. The van der Waals surface area contributed by atoms with Gasteiger partial charge in [-0.2, -0.15) is 4.98 Å². The molecule has 4 aliphatic carbocycles. The highest BCUT2D eigenvalue weighted by molar-refractivity contribution is 5.52. The van der Waals surface area contributed by atoms with Crippen molar-refractivity contribution in [3.63, 3.8) is 0 Å². The smallest absolute Gasteiger partial charge is 0.258 e. The highest BCUT2D eigenvalue weighted by Gasteiger charge is 2.53. The van der Waals surface area contributed by atoms with Gasteiger partial charge >= 0.3 is 0 Å². The molecule has 2 N–H and O–H groups in total. The van der Waals surface area contributed by atoms with Gasteiger partial charge in [0.2, 0.25) is 0 Å². The second-order valence-corrected chi connectivity index (χ2v) is 7.86. The summed E-state index contributed by atoms with van der Waals surface area (Å²) in [4.78, 5) is 9.03. The average Bonchev–Trinajstić information content (AvgIpc) is 3.04. The summed E-state index contributed by atoms with van der Waals surface area (Å²) in [5, 5.41) is 4.40. The van der Waals surface area contributed by atoms with E-state index in [-0.39, 0.29) is 5.41 Å². The molecule has 0 radical (unpaired) electrons. The highest BCUT2D eigenvalue weighted by atomic mass is 16.5. The zero-order valence-electron chi connectivity index (χ0n) is 13.2. The van der Waals surface area contributed by atoms with Crippen LogP contribution in [0.25, 0.3) is 11.5 Å². The molecule has 6 rings (SSSR count). The SMILES string of the molecule is NCc1cc(-c2nc(C34CC5CC(CC(C5)C3)C4)no2)ccn1. The molecule has 0 amide bonds. The Morgan fingerprint density at radius 2 is 1.83 bits per heavy atom. The van der Waals surface area contributed by atoms with Crippen LogP contribution < -0.4 is 5.73 Å². The highest BCUT2D eigenvalue weighted by Crippen LogP contribution is 2.60. The molecule has 23 heavy (non-hydrogen) atoms. The molecule has 4 fully saturated rings. The van der Waals surface area contributed by atoms with Gasteiger partial charge in [0.1, 0.15) is 0 Å². The van der Waals surface area contributed by atoms with E-state index in [0.29, 0.717) is 12.4 Å². The zero-order chi connectivity index (χ0) is 15.4. The van der Waals surface area contributed by atoms with Gasteiger partial charge in [-0.05, 0) is 68.4 Å². The Labute approximate surface area is 135 Å². The first-order valence-corrected chi connectivity index (χ1v) is 8.74. The van der Waals surface area contributed by atoms with Gasteiger partial charge in [0.15, 0.2) is 5.82 Å². The van der Waals surface area contributed by atoms with E-state index in [1.54, 1.807) is 6.20 Å². The summed E-state index contributed by atoms with van der Waals surface area (Å²) in [6, 6.07) is 3.85. The lowest BCUT2D eigenvalue weighted by molar-refractivity contribution is -0.0103. The van der Waals surface area contributed by atoms with Crippen LogP contribution in [0.5, 0.6) is 0 Å². The van der Waals surface area contributed by atoms with E-state index in [9.17, 15) is 0 Å². The summed E-state index contributed by atoms with van der Waals surface area (Å²) < 4.78 is 5.61. The standard InChI is InChI=1S/C18H22N4O/c19-10-15-6-14(1-2-20-15)16-21-17(22-23-16)18-7-11-3-12(8-18)5-13(4-11)9-18/h1-2,6,11-13H,3-5,7-10,19H2. The molecule has 2 aromatic heterocycles. The summed E-state index contributed by atoms with van der Waals surface area (Å²) in [5.41, 5.74) is 7.62. The molecule has 4 saturated carbocycles. The first kappa shape index (κ1) is 13.7. The van der Waals surface area contributed by atoms with E-state index >= 15 is 0 Å². The van der Waals surface area contributed by atoms with E-state index < -0.39 is 0 Å². The van der Waals surface area contributed by atoms with E-state index in [1.807, 2.05) is 12.1 Å². The number of pyridine rings is 1. The molecule has 0 spiro atoms. The molecule has 5 heteroatoms. The maximum absolute atomic E-state index is 5.68. The molecule has 0 unspecified atom stereocenters. The van der Waals surface area contributed by atoms with Crippen molar-refractivity contribution in [2.24, 2.45) is 23.5 Å². The van der Waals surface area contributed by atoms with Crippen molar-refractivity contribution in [3.05, 3.63) is 29.8 Å². The molecule has 0 saturated heterocycles. The van der Waals surface area contributed by atoms with Gasteiger partial charge in [0.05, 0.1) is 5.69 Å². The first-order valence-electron chi connectivity index (χ1n) is 8.74. The van der Waals surface area contributed by atoms with Crippen LogP contribution in [-0.4, -0.2) is 15.1 Å². The quantitative estimate of drug-likeness (QED) is 0.942. The Kier molecular flexibility index (Phi) is 2.89. The molecular weight excluding hydrogens is 288 g/mol. The monoisotopic (exact) mass is 310 g/mol. The molecule has 0 atom stereocenters. The fourth-order valence-electron chi connectivity index (χ4n) is 5.66. The predicted molar refractivity (Wildman–Crippen MR) is 85.3 cm³/mol. The van der Waals surface area contributed by atoms with Crippen molar-refractivity contribution >= 4 is 0 Å². The number of aromatic nitrogens is 3. The molecule has 2 aromatic rings.